The lowest BCUT2D eigenvalue weighted by molar-refractivity contribution is -0.139. The Morgan fingerprint density at radius 1 is 1.06 bits per heavy atom. The number of dihydropyridines is 1. The maximum Gasteiger partial charge on any atom is 0.336 e. The largest absolute Gasteiger partial charge is 0.494 e. The first-order valence-electron chi connectivity index (χ1n) is 11.9. The quantitative estimate of drug-likeness (QED) is 0.388. The Bertz CT molecular complexity index is 908. The summed E-state index contributed by atoms with van der Waals surface area (Å²) >= 11 is 0. The van der Waals surface area contributed by atoms with E-state index in [1.165, 1.54) is 0 Å². The summed E-state index contributed by atoms with van der Waals surface area (Å²) in [5.41, 5.74) is 3.75. The molecule has 5 nitrogen and oxygen atoms in total. The van der Waals surface area contributed by atoms with Gasteiger partial charge < -0.3 is 14.8 Å². The molecule has 0 saturated heterocycles. The Morgan fingerprint density at radius 3 is 2.44 bits per heavy atom. The van der Waals surface area contributed by atoms with Gasteiger partial charge in [-0.25, -0.2) is 4.79 Å². The molecule has 3 rings (SSSR count). The van der Waals surface area contributed by atoms with E-state index in [1.54, 1.807) is 0 Å². The zero-order chi connectivity index (χ0) is 23.3. The topological polar surface area (TPSA) is 64.6 Å². The van der Waals surface area contributed by atoms with Crippen LogP contribution in [0.15, 0.2) is 46.8 Å². The van der Waals surface area contributed by atoms with Crippen molar-refractivity contribution in [2.24, 2.45) is 5.41 Å². The number of carbonyl (C=O) groups is 2. The molecule has 0 radical (unpaired) electrons. The van der Waals surface area contributed by atoms with E-state index in [-0.39, 0.29) is 17.2 Å². The smallest absolute Gasteiger partial charge is 0.336 e. The van der Waals surface area contributed by atoms with Crippen molar-refractivity contribution in [1.29, 1.82) is 0 Å². The standard InChI is InChI=1S/C27H37NO4/c1-6-8-9-15-32-26(30)23-18(3)28-21-16-27(4,5)17-22(29)25(21)24(23)19-10-12-20(13-11-19)31-14-7-2/h10-13,24,28H,6-9,14-17H2,1-5H3/t24-/m1/s1. The summed E-state index contributed by atoms with van der Waals surface area (Å²) in [5, 5.41) is 3.39. The van der Waals surface area contributed by atoms with Gasteiger partial charge in [-0.1, -0.05) is 52.7 Å². The van der Waals surface area contributed by atoms with Crippen LogP contribution >= 0.6 is 0 Å². The van der Waals surface area contributed by atoms with Crippen molar-refractivity contribution in [3.05, 3.63) is 52.4 Å². The summed E-state index contributed by atoms with van der Waals surface area (Å²) in [7, 11) is 0. The molecule has 1 aliphatic carbocycles. The first-order chi connectivity index (χ1) is 15.3. The van der Waals surface area contributed by atoms with E-state index in [2.05, 4.69) is 33.0 Å². The Balaban J connectivity index is 1.98. The van der Waals surface area contributed by atoms with E-state index in [0.29, 0.717) is 30.8 Å². The minimum absolute atomic E-state index is 0.101. The Kier molecular flexibility index (Phi) is 7.81. The molecule has 1 aromatic rings. The van der Waals surface area contributed by atoms with Crippen LogP contribution in [0.1, 0.15) is 84.6 Å². The summed E-state index contributed by atoms with van der Waals surface area (Å²) in [6.45, 7) is 11.4. The Labute approximate surface area is 192 Å². The third-order valence-corrected chi connectivity index (χ3v) is 6.13. The minimum Gasteiger partial charge on any atom is -0.494 e. The number of esters is 1. The zero-order valence-corrected chi connectivity index (χ0v) is 20.2. The van der Waals surface area contributed by atoms with E-state index in [9.17, 15) is 9.59 Å². The Hall–Kier alpha value is -2.56. The highest BCUT2D eigenvalue weighted by Gasteiger charge is 2.43. The van der Waals surface area contributed by atoms with Gasteiger partial charge in [-0.3, -0.25) is 4.79 Å². The van der Waals surface area contributed by atoms with Crippen LogP contribution in [0.5, 0.6) is 5.75 Å². The fourth-order valence-corrected chi connectivity index (χ4v) is 4.61. The second kappa shape index (κ2) is 10.4. The molecule has 0 aromatic heterocycles. The molecule has 174 valence electrons. The second-order valence-corrected chi connectivity index (χ2v) is 9.69. The van der Waals surface area contributed by atoms with Gasteiger partial charge in [0, 0.05) is 29.3 Å². The molecule has 0 spiro atoms. The molecule has 1 heterocycles. The van der Waals surface area contributed by atoms with Crippen molar-refractivity contribution < 1.29 is 19.1 Å². The summed E-state index contributed by atoms with van der Waals surface area (Å²) < 4.78 is 11.4. The number of ether oxygens (including phenoxy) is 2. The van der Waals surface area contributed by atoms with Gasteiger partial charge in [0.1, 0.15) is 5.75 Å². The maximum absolute atomic E-state index is 13.3. The molecule has 1 aromatic carbocycles. The summed E-state index contributed by atoms with van der Waals surface area (Å²) in [6, 6.07) is 7.78. The predicted molar refractivity (Wildman–Crippen MR) is 126 cm³/mol. The fourth-order valence-electron chi connectivity index (χ4n) is 4.61. The third kappa shape index (κ3) is 5.43. The summed E-state index contributed by atoms with van der Waals surface area (Å²) in [4.78, 5) is 26.5. The van der Waals surface area contributed by atoms with E-state index in [1.807, 2.05) is 31.2 Å². The van der Waals surface area contributed by atoms with Crippen molar-refractivity contribution in [2.45, 2.75) is 79.1 Å². The number of rotatable bonds is 9. The normalized spacial score (nSPS) is 20.0. The van der Waals surface area contributed by atoms with Gasteiger partial charge in [0.2, 0.25) is 0 Å². The number of ketones is 1. The average Bonchev–Trinajstić information content (AvgIpc) is 2.73. The molecular formula is C27H37NO4. The van der Waals surface area contributed by atoms with Gasteiger partial charge in [0.25, 0.3) is 0 Å². The number of unbranched alkanes of at least 4 members (excludes halogenated alkanes) is 2. The lowest BCUT2D eigenvalue weighted by atomic mass is 9.68. The lowest BCUT2D eigenvalue weighted by Crippen LogP contribution is -2.38. The minimum atomic E-state index is -0.422. The van der Waals surface area contributed by atoms with Crippen LogP contribution in [-0.2, 0) is 14.3 Å². The van der Waals surface area contributed by atoms with Crippen LogP contribution in [0.3, 0.4) is 0 Å². The average molecular weight is 440 g/mol. The molecule has 0 unspecified atom stereocenters. The van der Waals surface area contributed by atoms with Crippen molar-refractivity contribution in [3.8, 4) is 5.75 Å². The molecule has 0 saturated carbocycles. The van der Waals surface area contributed by atoms with Gasteiger partial charge in [-0.05, 0) is 49.3 Å². The van der Waals surface area contributed by atoms with Crippen LogP contribution in [-0.4, -0.2) is 25.0 Å². The molecule has 0 bridgehead atoms. The molecule has 1 atom stereocenters. The fraction of sp³-hybridized carbons (Fsp3) is 0.556. The van der Waals surface area contributed by atoms with E-state index >= 15 is 0 Å². The van der Waals surface area contributed by atoms with Gasteiger partial charge >= 0.3 is 5.97 Å². The van der Waals surface area contributed by atoms with Crippen molar-refractivity contribution in [3.63, 3.8) is 0 Å². The third-order valence-electron chi connectivity index (χ3n) is 6.13. The number of benzene rings is 1. The van der Waals surface area contributed by atoms with Gasteiger partial charge in [-0.2, -0.15) is 0 Å². The van der Waals surface area contributed by atoms with Gasteiger partial charge in [0.05, 0.1) is 18.8 Å². The zero-order valence-electron chi connectivity index (χ0n) is 20.2. The Morgan fingerprint density at radius 2 is 1.78 bits per heavy atom. The van der Waals surface area contributed by atoms with Crippen molar-refractivity contribution in [2.75, 3.05) is 13.2 Å². The second-order valence-electron chi connectivity index (χ2n) is 9.69. The number of nitrogens with one attached hydrogen (secondary N) is 1. The summed E-state index contributed by atoms with van der Waals surface area (Å²) in [6.07, 6.45) is 5.12. The molecule has 2 aliphatic rings. The van der Waals surface area contributed by atoms with Crippen LogP contribution in [0.2, 0.25) is 0 Å². The number of Topliss-reactive ketones (excluding diaryl/α,β-unsaturated/α-hetero) is 1. The van der Waals surface area contributed by atoms with Crippen LogP contribution in [0, 0.1) is 5.41 Å². The highest BCUT2D eigenvalue weighted by atomic mass is 16.5. The van der Waals surface area contributed by atoms with Crippen LogP contribution < -0.4 is 10.1 Å². The number of hydrogen-bond donors (Lipinski definition) is 1. The van der Waals surface area contributed by atoms with E-state index in [4.69, 9.17) is 9.47 Å². The van der Waals surface area contributed by atoms with Crippen LogP contribution in [0.25, 0.3) is 0 Å². The first kappa shape index (κ1) is 24.1. The number of carbonyl (C=O) groups excluding carboxylic acids is 2. The summed E-state index contributed by atoms with van der Waals surface area (Å²) in [5.74, 6) is 0.128. The first-order valence-corrected chi connectivity index (χ1v) is 11.9. The molecule has 32 heavy (non-hydrogen) atoms. The van der Waals surface area contributed by atoms with Gasteiger partial charge in [0.15, 0.2) is 5.78 Å². The highest BCUT2D eigenvalue weighted by molar-refractivity contribution is 6.04. The lowest BCUT2D eigenvalue weighted by Gasteiger charge is -2.39. The molecular weight excluding hydrogens is 402 g/mol. The molecule has 0 fully saturated rings. The predicted octanol–water partition coefficient (Wildman–Crippen LogP) is 5.81. The SMILES string of the molecule is CCCCCOC(=O)C1=C(C)NC2=C(C(=O)CC(C)(C)C2)[C@@H]1c1ccc(OCCC)cc1. The van der Waals surface area contributed by atoms with E-state index < -0.39 is 5.92 Å². The molecule has 0 amide bonds. The van der Waals surface area contributed by atoms with Crippen molar-refractivity contribution in [1.82, 2.24) is 5.32 Å². The molecule has 1 N–H and O–H groups in total. The molecule has 1 aliphatic heterocycles. The molecule has 5 heteroatoms. The van der Waals surface area contributed by atoms with Crippen LogP contribution in [0.4, 0.5) is 0 Å². The van der Waals surface area contributed by atoms with Crippen molar-refractivity contribution >= 4 is 11.8 Å². The number of hydrogen-bond acceptors (Lipinski definition) is 5. The maximum atomic E-state index is 13.3. The van der Waals surface area contributed by atoms with Gasteiger partial charge in [-0.15, -0.1) is 0 Å². The van der Waals surface area contributed by atoms with E-state index in [0.717, 1.165) is 54.8 Å². The highest BCUT2D eigenvalue weighted by Crippen LogP contribution is 2.47. The monoisotopic (exact) mass is 439 g/mol. The number of allylic oxidation sites excluding steroid dienone is 3.